The Labute approximate surface area is 176 Å². The van der Waals surface area contributed by atoms with Crippen LogP contribution in [0.5, 0.6) is 0 Å². The van der Waals surface area contributed by atoms with E-state index in [9.17, 15) is 14.4 Å². The van der Waals surface area contributed by atoms with E-state index in [-0.39, 0.29) is 29.9 Å². The molecule has 0 atom stereocenters. The maximum absolute atomic E-state index is 12.7. The SMILES string of the molecule is Cc1ccc(C(=O)Nc2cccc(C(C)C)c2)cc1NC(=O)C1=NN(C)C(=O)CC1. The molecule has 0 fully saturated rings. The van der Waals surface area contributed by atoms with Crippen LogP contribution in [0.3, 0.4) is 0 Å². The van der Waals surface area contributed by atoms with Gasteiger partial charge in [-0.2, -0.15) is 5.10 Å². The third kappa shape index (κ3) is 4.92. The number of amides is 3. The van der Waals surface area contributed by atoms with Gasteiger partial charge in [0.05, 0.1) is 0 Å². The van der Waals surface area contributed by atoms with Crippen molar-refractivity contribution in [2.75, 3.05) is 17.7 Å². The van der Waals surface area contributed by atoms with Crippen molar-refractivity contribution >= 4 is 34.8 Å². The van der Waals surface area contributed by atoms with Gasteiger partial charge in [0.1, 0.15) is 5.71 Å². The second kappa shape index (κ2) is 8.90. The molecule has 2 aromatic carbocycles. The Bertz CT molecular complexity index is 1030. The Morgan fingerprint density at radius 2 is 1.80 bits per heavy atom. The molecular formula is C23H26N4O3. The van der Waals surface area contributed by atoms with Crippen molar-refractivity contribution in [3.05, 3.63) is 59.2 Å². The van der Waals surface area contributed by atoms with Gasteiger partial charge in [-0.25, -0.2) is 5.01 Å². The Balaban J connectivity index is 1.75. The molecule has 3 rings (SSSR count). The van der Waals surface area contributed by atoms with E-state index in [1.807, 2.05) is 31.2 Å². The van der Waals surface area contributed by atoms with Crippen LogP contribution < -0.4 is 10.6 Å². The minimum absolute atomic E-state index is 0.122. The Hall–Kier alpha value is -3.48. The molecule has 7 nitrogen and oxygen atoms in total. The van der Waals surface area contributed by atoms with Crippen LogP contribution in [0.15, 0.2) is 47.6 Å². The van der Waals surface area contributed by atoms with Crippen molar-refractivity contribution in [3.8, 4) is 0 Å². The molecule has 0 aliphatic carbocycles. The summed E-state index contributed by atoms with van der Waals surface area (Å²) >= 11 is 0. The van der Waals surface area contributed by atoms with Crippen molar-refractivity contribution in [1.82, 2.24) is 5.01 Å². The highest BCUT2D eigenvalue weighted by Gasteiger charge is 2.22. The zero-order valence-electron chi connectivity index (χ0n) is 17.7. The van der Waals surface area contributed by atoms with E-state index < -0.39 is 0 Å². The first kappa shape index (κ1) is 21.2. The standard InChI is InChI=1S/C23H26N4O3/c1-14(2)16-6-5-7-18(12-16)24-22(29)17-9-8-15(3)20(13-17)25-23(30)19-10-11-21(28)27(4)26-19/h5-9,12-14H,10-11H2,1-4H3,(H,24,29)(H,25,30). The van der Waals surface area contributed by atoms with Gasteiger partial charge in [-0.05, 0) is 48.2 Å². The van der Waals surface area contributed by atoms with Crippen molar-refractivity contribution in [2.45, 2.75) is 39.5 Å². The minimum atomic E-state index is -0.375. The zero-order chi connectivity index (χ0) is 21.8. The van der Waals surface area contributed by atoms with Crippen LogP contribution in [0.2, 0.25) is 0 Å². The second-order valence-electron chi connectivity index (χ2n) is 7.68. The van der Waals surface area contributed by atoms with E-state index in [0.717, 1.165) is 16.8 Å². The average Bonchev–Trinajstić information content (AvgIpc) is 2.71. The second-order valence-corrected chi connectivity index (χ2v) is 7.68. The van der Waals surface area contributed by atoms with Crippen LogP contribution in [0.25, 0.3) is 0 Å². The predicted octanol–water partition coefficient (Wildman–Crippen LogP) is 3.92. The summed E-state index contributed by atoms with van der Waals surface area (Å²) in [7, 11) is 1.53. The van der Waals surface area contributed by atoms with Crippen LogP contribution in [-0.2, 0) is 9.59 Å². The smallest absolute Gasteiger partial charge is 0.271 e. The van der Waals surface area contributed by atoms with Crippen LogP contribution >= 0.6 is 0 Å². The first-order chi connectivity index (χ1) is 14.2. The summed E-state index contributed by atoms with van der Waals surface area (Å²) in [6.07, 6.45) is 0.542. The van der Waals surface area contributed by atoms with E-state index in [4.69, 9.17) is 0 Å². The number of aryl methyl sites for hydroxylation is 1. The number of hydrogen-bond donors (Lipinski definition) is 2. The largest absolute Gasteiger partial charge is 0.322 e. The van der Waals surface area contributed by atoms with E-state index in [1.165, 1.54) is 12.1 Å². The lowest BCUT2D eigenvalue weighted by Crippen LogP contribution is -2.34. The third-order valence-corrected chi connectivity index (χ3v) is 5.03. The highest BCUT2D eigenvalue weighted by atomic mass is 16.2. The van der Waals surface area contributed by atoms with Gasteiger partial charge >= 0.3 is 0 Å². The van der Waals surface area contributed by atoms with Gasteiger partial charge in [-0.15, -0.1) is 0 Å². The molecule has 2 aromatic rings. The number of nitrogens with one attached hydrogen (secondary N) is 2. The van der Waals surface area contributed by atoms with Crippen LogP contribution in [-0.4, -0.2) is 35.5 Å². The number of nitrogens with zero attached hydrogens (tertiary/aromatic N) is 2. The fourth-order valence-corrected chi connectivity index (χ4v) is 3.10. The van der Waals surface area contributed by atoms with E-state index in [1.54, 1.807) is 18.2 Å². The quantitative estimate of drug-likeness (QED) is 0.788. The molecule has 2 N–H and O–H groups in total. The number of carbonyl (C=O) groups is 3. The lowest BCUT2D eigenvalue weighted by atomic mass is 10.0. The molecule has 0 radical (unpaired) electrons. The van der Waals surface area contributed by atoms with Gasteiger partial charge in [0.15, 0.2) is 0 Å². The topological polar surface area (TPSA) is 90.9 Å². The molecular weight excluding hydrogens is 380 g/mol. The van der Waals surface area contributed by atoms with Gasteiger partial charge in [-0.1, -0.05) is 32.0 Å². The monoisotopic (exact) mass is 406 g/mol. The number of rotatable bonds is 5. The molecule has 0 spiro atoms. The minimum Gasteiger partial charge on any atom is -0.322 e. The van der Waals surface area contributed by atoms with Gasteiger partial charge in [0, 0.05) is 36.8 Å². The normalized spacial score (nSPS) is 13.8. The molecule has 0 saturated carbocycles. The van der Waals surface area contributed by atoms with Crippen molar-refractivity contribution < 1.29 is 14.4 Å². The van der Waals surface area contributed by atoms with E-state index in [0.29, 0.717) is 23.6 Å². The molecule has 30 heavy (non-hydrogen) atoms. The van der Waals surface area contributed by atoms with Gasteiger partial charge in [-0.3, -0.25) is 14.4 Å². The summed E-state index contributed by atoms with van der Waals surface area (Å²) in [4.78, 5) is 36.8. The van der Waals surface area contributed by atoms with E-state index in [2.05, 4.69) is 29.6 Å². The summed E-state index contributed by atoms with van der Waals surface area (Å²) in [5.41, 5.74) is 3.94. The predicted molar refractivity (Wildman–Crippen MR) is 118 cm³/mol. The van der Waals surface area contributed by atoms with Crippen LogP contribution in [0.1, 0.15) is 54.1 Å². The highest BCUT2D eigenvalue weighted by molar-refractivity contribution is 6.43. The summed E-state index contributed by atoms with van der Waals surface area (Å²) in [5.74, 6) is -0.394. The van der Waals surface area contributed by atoms with Gasteiger partial charge in [0.25, 0.3) is 11.8 Å². The Morgan fingerprint density at radius 3 is 2.50 bits per heavy atom. The Kier molecular flexibility index (Phi) is 6.30. The first-order valence-electron chi connectivity index (χ1n) is 9.92. The summed E-state index contributed by atoms with van der Waals surface area (Å²) in [5, 5.41) is 10.9. The van der Waals surface area contributed by atoms with Crippen molar-refractivity contribution in [2.24, 2.45) is 5.10 Å². The van der Waals surface area contributed by atoms with Crippen molar-refractivity contribution in [1.29, 1.82) is 0 Å². The highest BCUT2D eigenvalue weighted by Crippen LogP contribution is 2.21. The number of hydrazone groups is 1. The summed E-state index contributed by atoms with van der Waals surface area (Å²) in [6.45, 7) is 6.04. The molecule has 3 amide bonds. The van der Waals surface area contributed by atoms with Crippen LogP contribution in [0.4, 0.5) is 11.4 Å². The average molecular weight is 406 g/mol. The molecule has 0 aromatic heterocycles. The van der Waals surface area contributed by atoms with Gasteiger partial charge < -0.3 is 10.6 Å². The fourth-order valence-electron chi connectivity index (χ4n) is 3.10. The molecule has 0 unspecified atom stereocenters. The molecule has 0 saturated heterocycles. The Morgan fingerprint density at radius 1 is 1.03 bits per heavy atom. The maximum atomic E-state index is 12.7. The number of carbonyl (C=O) groups excluding carboxylic acids is 3. The lowest BCUT2D eigenvalue weighted by Gasteiger charge is -2.19. The molecule has 1 aliphatic rings. The summed E-state index contributed by atoms with van der Waals surface area (Å²) < 4.78 is 0. The molecule has 0 bridgehead atoms. The number of anilines is 2. The molecule has 7 heteroatoms. The third-order valence-electron chi connectivity index (χ3n) is 5.03. The molecule has 156 valence electrons. The summed E-state index contributed by atoms with van der Waals surface area (Å²) in [6, 6.07) is 12.9. The number of benzene rings is 2. The first-order valence-corrected chi connectivity index (χ1v) is 9.92. The van der Waals surface area contributed by atoms with Crippen molar-refractivity contribution in [3.63, 3.8) is 0 Å². The number of hydrogen-bond acceptors (Lipinski definition) is 4. The fraction of sp³-hybridized carbons (Fsp3) is 0.304. The van der Waals surface area contributed by atoms with Gasteiger partial charge in [0.2, 0.25) is 5.91 Å². The van der Waals surface area contributed by atoms with E-state index >= 15 is 0 Å². The van der Waals surface area contributed by atoms with Crippen LogP contribution in [0, 0.1) is 6.92 Å². The maximum Gasteiger partial charge on any atom is 0.271 e. The molecule has 1 heterocycles. The molecule has 1 aliphatic heterocycles. The lowest BCUT2D eigenvalue weighted by molar-refractivity contribution is -0.130. The zero-order valence-corrected chi connectivity index (χ0v) is 17.7.